The number of fused-ring (bicyclic) bond motifs is 3. The summed E-state index contributed by atoms with van der Waals surface area (Å²) in [5, 5.41) is 0. The molecule has 0 spiro atoms. The second kappa shape index (κ2) is 3.99. The Morgan fingerprint density at radius 1 is 1.44 bits per heavy atom. The molecule has 1 unspecified atom stereocenters. The third-order valence-corrected chi connectivity index (χ3v) is 3.40. The molecule has 0 fully saturated rings. The van der Waals surface area contributed by atoms with Gasteiger partial charge in [0.25, 0.3) is 0 Å². The minimum absolute atomic E-state index is 0.0806. The highest BCUT2D eigenvalue weighted by atomic mass is 16.5. The molecule has 0 saturated heterocycles. The van der Waals surface area contributed by atoms with Crippen molar-refractivity contribution in [2.75, 3.05) is 7.11 Å². The van der Waals surface area contributed by atoms with E-state index >= 15 is 0 Å². The summed E-state index contributed by atoms with van der Waals surface area (Å²) in [5.74, 6) is -0.413. The maximum atomic E-state index is 11.3. The molecule has 0 saturated carbocycles. The molecule has 1 amide bonds. The maximum Gasteiger partial charge on any atom is 0.250 e. The smallest absolute Gasteiger partial charge is 0.250 e. The van der Waals surface area contributed by atoms with Crippen molar-refractivity contribution in [2.45, 2.75) is 12.6 Å². The van der Waals surface area contributed by atoms with Crippen molar-refractivity contribution in [3.63, 3.8) is 0 Å². The van der Waals surface area contributed by atoms with Crippen molar-refractivity contribution >= 4 is 5.91 Å². The summed E-state index contributed by atoms with van der Waals surface area (Å²) in [7, 11) is 1.67. The van der Waals surface area contributed by atoms with Crippen molar-refractivity contribution in [3.05, 3.63) is 47.7 Å². The SMILES string of the molecule is COC1Cc2ccccc2-c2cc(C(N)=O)cn21. The van der Waals surface area contributed by atoms with Crippen LogP contribution in [0.1, 0.15) is 22.1 Å². The van der Waals surface area contributed by atoms with Crippen LogP contribution in [0.15, 0.2) is 36.5 Å². The van der Waals surface area contributed by atoms with Gasteiger partial charge in [0.15, 0.2) is 0 Å². The standard InChI is InChI=1S/C14H14N2O2/c1-18-13-7-9-4-2-3-5-11(9)12-6-10(14(15)17)8-16(12)13/h2-6,8,13H,7H2,1H3,(H2,15,17). The molecule has 0 aliphatic carbocycles. The van der Waals surface area contributed by atoms with Crippen molar-refractivity contribution in [1.29, 1.82) is 0 Å². The molecule has 2 heterocycles. The number of carbonyl (C=O) groups excluding carboxylic acids is 1. The zero-order chi connectivity index (χ0) is 12.7. The van der Waals surface area contributed by atoms with Gasteiger partial charge in [-0.2, -0.15) is 0 Å². The highest BCUT2D eigenvalue weighted by Gasteiger charge is 2.25. The normalized spacial score (nSPS) is 17.1. The van der Waals surface area contributed by atoms with Crippen LogP contribution < -0.4 is 5.73 Å². The van der Waals surface area contributed by atoms with Gasteiger partial charge >= 0.3 is 0 Å². The predicted molar refractivity (Wildman–Crippen MR) is 68.1 cm³/mol. The van der Waals surface area contributed by atoms with Gasteiger partial charge in [0.05, 0.1) is 11.3 Å². The molecule has 3 rings (SSSR count). The first kappa shape index (κ1) is 11.0. The number of aromatic nitrogens is 1. The Balaban J connectivity index is 2.22. The molecule has 1 aliphatic rings. The highest BCUT2D eigenvalue weighted by molar-refractivity contribution is 5.94. The quantitative estimate of drug-likeness (QED) is 0.875. The Kier molecular flexibility index (Phi) is 2.45. The van der Waals surface area contributed by atoms with Gasteiger partial charge in [0, 0.05) is 25.3 Å². The van der Waals surface area contributed by atoms with E-state index in [1.807, 2.05) is 22.8 Å². The van der Waals surface area contributed by atoms with Gasteiger partial charge in [-0.15, -0.1) is 0 Å². The van der Waals surface area contributed by atoms with E-state index in [-0.39, 0.29) is 6.23 Å². The zero-order valence-electron chi connectivity index (χ0n) is 10.1. The maximum absolute atomic E-state index is 11.3. The van der Waals surface area contributed by atoms with Gasteiger partial charge < -0.3 is 15.0 Å². The first-order valence-electron chi connectivity index (χ1n) is 5.83. The van der Waals surface area contributed by atoms with Crippen LogP contribution in [0.4, 0.5) is 0 Å². The van der Waals surface area contributed by atoms with Crippen molar-refractivity contribution in [2.24, 2.45) is 5.73 Å². The molecular formula is C14H14N2O2. The van der Waals surface area contributed by atoms with Crippen LogP contribution in [0.5, 0.6) is 0 Å². The minimum atomic E-state index is -0.413. The van der Waals surface area contributed by atoms with E-state index in [0.717, 1.165) is 17.7 Å². The number of amides is 1. The molecule has 1 aromatic carbocycles. The molecule has 2 aromatic rings. The van der Waals surface area contributed by atoms with Crippen LogP contribution in [-0.4, -0.2) is 17.6 Å². The van der Waals surface area contributed by atoms with Gasteiger partial charge in [0.1, 0.15) is 6.23 Å². The van der Waals surface area contributed by atoms with Crippen molar-refractivity contribution in [1.82, 2.24) is 4.57 Å². The number of nitrogens with two attached hydrogens (primary N) is 1. The van der Waals surface area contributed by atoms with Crippen molar-refractivity contribution in [3.8, 4) is 11.3 Å². The zero-order valence-corrected chi connectivity index (χ0v) is 10.1. The number of hydrogen-bond donors (Lipinski definition) is 1. The summed E-state index contributed by atoms with van der Waals surface area (Å²) in [6, 6.07) is 9.97. The van der Waals surface area contributed by atoms with Gasteiger partial charge in [0.2, 0.25) is 5.91 Å². The topological polar surface area (TPSA) is 57.2 Å². The van der Waals surface area contributed by atoms with Gasteiger partial charge in [-0.25, -0.2) is 0 Å². The molecular weight excluding hydrogens is 228 g/mol. The summed E-state index contributed by atoms with van der Waals surface area (Å²) >= 11 is 0. The number of nitrogens with zero attached hydrogens (tertiary/aromatic N) is 1. The van der Waals surface area contributed by atoms with E-state index < -0.39 is 5.91 Å². The number of ether oxygens (including phenoxy) is 1. The van der Waals surface area contributed by atoms with Crippen LogP contribution >= 0.6 is 0 Å². The number of benzene rings is 1. The minimum Gasteiger partial charge on any atom is -0.366 e. The Morgan fingerprint density at radius 3 is 2.94 bits per heavy atom. The van der Waals surface area contributed by atoms with Gasteiger partial charge in [-0.1, -0.05) is 24.3 Å². The Hall–Kier alpha value is -2.07. The lowest BCUT2D eigenvalue weighted by Gasteiger charge is -2.27. The molecule has 4 nitrogen and oxygen atoms in total. The van der Waals surface area contributed by atoms with E-state index in [1.54, 1.807) is 13.3 Å². The molecule has 1 aliphatic heterocycles. The van der Waals surface area contributed by atoms with Crippen LogP contribution in [0.2, 0.25) is 0 Å². The molecule has 2 N–H and O–H groups in total. The predicted octanol–water partition coefficient (Wildman–Crippen LogP) is 1.96. The van der Waals surface area contributed by atoms with Crippen LogP contribution in [-0.2, 0) is 11.2 Å². The fourth-order valence-electron chi connectivity index (χ4n) is 2.50. The van der Waals surface area contributed by atoms with E-state index in [4.69, 9.17) is 10.5 Å². The van der Waals surface area contributed by atoms with Crippen LogP contribution in [0.3, 0.4) is 0 Å². The molecule has 1 atom stereocenters. The number of primary amides is 1. The van der Waals surface area contributed by atoms with Gasteiger partial charge in [-0.3, -0.25) is 4.79 Å². The summed E-state index contributed by atoms with van der Waals surface area (Å²) in [5.41, 5.74) is 9.21. The van der Waals surface area contributed by atoms with E-state index in [2.05, 4.69) is 12.1 Å². The fourth-order valence-corrected chi connectivity index (χ4v) is 2.50. The summed E-state index contributed by atoms with van der Waals surface area (Å²) in [4.78, 5) is 11.3. The number of hydrogen-bond acceptors (Lipinski definition) is 2. The molecule has 18 heavy (non-hydrogen) atoms. The fraction of sp³-hybridized carbons (Fsp3) is 0.214. The van der Waals surface area contributed by atoms with E-state index in [1.165, 1.54) is 5.56 Å². The molecule has 92 valence electrons. The van der Waals surface area contributed by atoms with Crippen LogP contribution in [0.25, 0.3) is 11.3 Å². The van der Waals surface area contributed by atoms with Crippen LogP contribution in [0, 0.1) is 0 Å². The first-order chi connectivity index (χ1) is 8.70. The second-order valence-corrected chi connectivity index (χ2v) is 4.44. The monoisotopic (exact) mass is 242 g/mol. The largest absolute Gasteiger partial charge is 0.366 e. The molecule has 0 radical (unpaired) electrons. The number of methoxy groups -OCH3 is 1. The lowest BCUT2D eigenvalue weighted by atomic mass is 9.97. The van der Waals surface area contributed by atoms with E-state index in [0.29, 0.717) is 5.56 Å². The molecule has 4 heteroatoms. The summed E-state index contributed by atoms with van der Waals surface area (Å²) < 4.78 is 7.45. The third-order valence-electron chi connectivity index (χ3n) is 3.40. The Bertz CT molecular complexity index is 616. The average molecular weight is 242 g/mol. The Labute approximate surface area is 105 Å². The Morgan fingerprint density at radius 2 is 2.22 bits per heavy atom. The summed E-state index contributed by atoms with van der Waals surface area (Å²) in [6.45, 7) is 0. The van der Waals surface area contributed by atoms with E-state index in [9.17, 15) is 4.79 Å². The van der Waals surface area contributed by atoms with Crippen molar-refractivity contribution < 1.29 is 9.53 Å². The third kappa shape index (κ3) is 1.54. The second-order valence-electron chi connectivity index (χ2n) is 4.44. The molecule has 1 aromatic heterocycles. The lowest BCUT2D eigenvalue weighted by molar-refractivity contribution is 0.0439. The molecule has 0 bridgehead atoms. The number of carbonyl (C=O) groups is 1. The lowest BCUT2D eigenvalue weighted by Crippen LogP contribution is -2.19. The highest BCUT2D eigenvalue weighted by Crippen LogP contribution is 2.36. The number of rotatable bonds is 2. The van der Waals surface area contributed by atoms with Gasteiger partial charge in [-0.05, 0) is 11.6 Å². The summed E-state index contributed by atoms with van der Waals surface area (Å²) in [6.07, 6.45) is 2.48. The first-order valence-corrected chi connectivity index (χ1v) is 5.83. The average Bonchev–Trinajstić information content (AvgIpc) is 2.83.